The first-order chi connectivity index (χ1) is 30.5. The zero-order chi connectivity index (χ0) is 45.2. The third-order valence-electron chi connectivity index (χ3n) is 11.6. The maximum absolute atomic E-state index is 13.2. The summed E-state index contributed by atoms with van der Waals surface area (Å²) in [6.45, 7) is 6.41. The first-order valence-electron chi connectivity index (χ1n) is 26.2. The van der Waals surface area contributed by atoms with Crippen LogP contribution >= 0.6 is 0 Å². The van der Waals surface area contributed by atoms with Crippen molar-refractivity contribution in [3.8, 4) is 0 Å². The minimum Gasteiger partial charge on any atom is -0.462 e. The number of amides is 1. The number of hydrogen-bond donors (Lipinski definition) is 3. The monoisotopic (exact) mass is 866 g/mol. The van der Waals surface area contributed by atoms with E-state index in [2.05, 4.69) is 99.0 Å². The number of aliphatic hydroxyl groups is 2. The zero-order valence-corrected chi connectivity index (χ0v) is 40.7. The molecule has 0 aromatic heterocycles. The minimum atomic E-state index is -0.803. The maximum Gasteiger partial charge on any atom is 0.306 e. The van der Waals surface area contributed by atoms with Gasteiger partial charge in [-0.05, 0) is 89.9 Å². The molecule has 0 aliphatic carbocycles. The third kappa shape index (κ3) is 43.9. The second kappa shape index (κ2) is 49.3. The summed E-state index contributed by atoms with van der Waals surface area (Å²) in [7, 11) is 0. The van der Waals surface area contributed by atoms with Crippen LogP contribution in [0.4, 0.5) is 0 Å². The van der Waals surface area contributed by atoms with Crippen LogP contribution in [-0.2, 0) is 14.3 Å². The Labute approximate surface area is 383 Å². The molecule has 6 nitrogen and oxygen atoms in total. The van der Waals surface area contributed by atoms with E-state index in [1.807, 2.05) is 0 Å². The molecule has 0 aliphatic rings. The number of rotatable bonds is 46. The fourth-order valence-corrected chi connectivity index (χ4v) is 7.56. The van der Waals surface area contributed by atoms with Crippen LogP contribution < -0.4 is 5.32 Å². The predicted molar refractivity (Wildman–Crippen MR) is 268 cm³/mol. The first-order valence-corrected chi connectivity index (χ1v) is 26.2. The van der Waals surface area contributed by atoms with E-state index in [0.717, 1.165) is 89.9 Å². The Kier molecular flexibility index (Phi) is 47.2. The number of carbonyl (C=O) groups excluding carboxylic acids is 2. The standard InChI is InChI=1S/C56H99NO5/c1-4-7-10-13-16-19-22-24-26-27-28-30-32-34-37-40-43-46-49-56(61)62-52(47-44-41-38-35-33-31-29-25-23-20-17-14-11-8-5-2)50-55(60)57-53(51-58)54(59)48-45-42-39-36-21-18-15-12-9-6-3/h17,20,22,24-30,33,35,52-54,58-59H,4-16,18-19,21,23,31-32,34,36-51H2,1-3H3,(H,57,60)/b20-17-,24-22+,27-26+,29-25-,30-28+,35-33-. The minimum absolute atomic E-state index is 0.0407. The Morgan fingerprint density at radius 2 is 0.887 bits per heavy atom. The van der Waals surface area contributed by atoms with Crippen LogP contribution in [-0.4, -0.2) is 46.9 Å². The zero-order valence-electron chi connectivity index (χ0n) is 40.7. The van der Waals surface area contributed by atoms with Crippen molar-refractivity contribution in [2.75, 3.05) is 6.61 Å². The molecule has 0 aromatic rings. The second-order valence-corrected chi connectivity index (χ2v) is 17.6. The van der Waals surface area contributed by atoms with Gasteiger partial charge in [0.15, 0.2) is 0 Å². The topological polar surface area (TPSA) is 95.9 Å². The van der Waals surface area contributed by atoms with E-state index >= 15 is 0 Å². The largest absolute Gasteiger partial charge is 0.462 e. The first kappa shape index (κ1) is 59.3. The molecule has 0 fully saturated rings. The molecule has 6 heteroatoms. The van der Waals surface area contributed by atoms with E-state index < -0.39 is 18.2 Å². The van der Waals surface area contributed by atoms with Crippen molar-refractivity contribution in [3.63, 3.8) is 0 Å². The molecule has 0 rings (SSSR count). The normalized spacial score (nSPS) is 13.8. The molecule has 0 spiro atoms. The summed E-state index contributed by atoms with van der Waals surface area (Å²) < 4.78 is 5.91. The number of esters is 1. The van der Waals surface area contributed by atoms with Gasteiger partial charge in [-0.15, -0.1) is 0 Å². The quantitative estimate of drug-likeness (QED) is 0.0245. The number of hydrogen-bond acceptors (Lipinski definition) is 5. The highest BCUT2D eigenvalue weighted by atomic mass is 16.5. The maximum atomic E-state index is 13.2. The molecular weight excluding hydrogens is 767 g/mol. The van der Waals surface area contributed by atoms with Gasteiger partial charge in [-0.25, -0.2) is 0 Å². The lowest BCUT2D eigenvalue weighted by Crippen LogP contribution is -2.46. The molecule has 358 valence electrons. The van der Waals surface area contributed by atoms with E-state index in [1.165, 1.54) is 109 Å². The van der Waals surface area contributed by atoms with Gasteiger partial charge < -0.3 is 20.3 Å². The molecule has 3 atom stereocenters. The predicted octanol–water partition coefficient (Wildman–Crippen LogP) is 15.8. The number of nitrogens with one attached hydrogen (secondary N) is 1. The van der Waals surface area contributed by atoms with Gasteiger partial charge >= 0.3 is 5.97 Å². The lowest BCUT2D eigenvalue weighted by atomic mass is 10.0. The lowest BCUT2D eigenvalue weighted by Gasteiger charge is -2.24. The van der Waals surface area contributed by atoms with Gasteiger partial charge in [0.05, 0.1) is 25.2 Å². The summed E-state index contributed by atoms with van der Waals surface area (Å²) in [6, 6.07) is -0.720. The van der Waals surface area contributed by atoms with E-state index in [1.54, 1.807) is 0 Å². The van der Waals surface area contributed by atoms with E-state index in [9.17, 15) is 19.8 Å². The van der Waals surface area contributed by atoms with Crippen molar-refractivity contribution in [1.82, 2.24) is 5.32 Å². The van der Waals surface area contributed by atoms with E-state index in [4.69, 9.17) is 4.74 Å². The lowest BCUT2D eigenvalue weighted by molar-refractivity contribution is -0.151. The van der Waals surface area contributed by atoms with Crippen LogP contribution in [0.2, 0.25) is 0 Å². The Bertz CT molecular complexity index is 1150. The summed E-state index contributed by atoms with van der Waals surface area (Å²) in [5, 5.41) is 23.7. The average Bonchev–Trinajstić information content (AvgIpc) is 3.26. The number of ether oxygens (including phenoxy) is 1. The highest BCUT2D eigenvalue weighted by Crippen LogP contribution is 2.17. The van der Waals surface area contributed by atoms with Crippen LogP contribution in [0.3, 0.4) is 0 Å². The molecule has 0 heterocycles. The molecule has 0 saturated carbocycles. The van der Waals surface area contributed by atoms with Crippen LogP contribution in [0, 0.1) is 0 Å². The number of aliphatic hydroxyl groups excluding tert-OH is 2. The van der Waals surface area contributed by atoms with E-state index in [0.29, 0.717) is 19.3 Å². The van der Waals surface area contributed by atoms with Gasteiger partial charge in [0.25, 0.3) is 0 Å². The molecule has 0 aliphatic heterocycles. The summed E-state index contributed by atoms with van der Waals surface area (Å²) in [6.07, 6.45) is 62.4. The van der Waals surface area contributed by atoms with Gasteiger partial charge in [0.2, 0.25) is 5.91 Å². The molecule has 0 bridgehead atoms. The van der Waals surface area contributed by atoms with Crippen molar-refractivity contribution in [1.29, 1.82) is 0 Å². The number of allylic oxidation sites excluding steroid dienone is 12. The van der Waals surface area contributed by atoms with Gasteiger partial charge in [-0.1, -0.05) is 216 Å². The Morgan fingerprint density at radius 1 is 0.484 bits per heavy atom. The molecule has 1 amide bonds. The molecule has 0 radical (unpaired) electrons. The number of unbranched alkanes of at least 4 members (excludes halogenated alkanes) is 24. The van der Waals surface area contributed by atoms with Gasteiger partial charge in [-0.2, -0.15) is 0 Å². The van der Waals surface area contributed by atoms with Crippen molar-refractivity contribution in [2.45, 2.75) is 264 Å². The molecule has 3 unspecified atom stereocenters. The van der Waals surface area contributed by atoms with Crippen LogP contribution in [0.1, 0.15) is 245 Å². The fourth-order valence-electron chi connectivity index (χ4n) is 7.56. The third-order valence-corrected chi connectivity index (χ3v) is 11.6. The molecule has 0 aromatic carbocycles. The van der Waals surface area contributed by atoms with Gasteiger partial charge in [0, 0.05) is 6.42 Å². The van der Waals surface area contributed by atoms with Crippen LogP contribution in [0.25, 0.3) is 0 Å². The van der Waals surface area contributed by atoms with Gasteiger partial charge in [-0.3, -0.25) is 9.59 Å². The van der Waals surface area contributed by atoms with Crippen LogP contribution in [0.5, 0.6) is 0 Å². The summed E-state index contributed by atoms with van der Waals surface area (Å²) in [5.41, 5.74) is 0. The molecular formula is C56H99NO5. The summed E-state index contributed by atoms with van der Waals surface area (Å²) in [4.78, 5) is 26.1. The molecule has 3 N–H and O–H groups in total. The average molecular weight is 866 g/mol. The van der Waals surface area contributed by atoms with Crippen molar-refractivity contribution >= 4 is 11.9 Å². The van der Waals surface area contributed by atoms with E-state index in [-0.39, 0.29) is 24.9 Å². The van der Waals surface area contributed by atoms with Crippen molar-refractivity contribution in [2.24, 2.45) is 0 Å². The second-order valence-electron chi connectivity index (χ2n) is 17.6. The highest BCUT2D eigenvalue weighted by Gasteiger charge is 2.24. The van der Waals surface area contributed by atoms with Gasteiger partial charge in [0.1, 0.15) is 6.10 Å². The SMILES string of the molecule is CCCCC/C=C\C/C=C\C/C=C\CCCCC(CC(=O)NC(CO)C(O)CCCCCCCCCCCC)OC(=O)CCCCCCC/C=C/C=C/C=C/CCCCCCC. The molecule has 0 saturated heterocycles. The summed E-state index contributed by atoms with van der Waals surface area (Å²) >= 11 is 0. The fraction of sp³-hybridized carbons (Fsp3) is 0.750. The van der Waals surface area contributed by atoms with Crippen LogP contribution in [0.15, 0.2) is 72.9 Å². The Balaban J connectivity index is 4.69. The smallest absolute Gasteiger partial charge is 0.306 e. The van der Waals surface area contributed by atoms with Crippen molar-refractivity contribution < 1.29 is 24.5 Å². The van der Waals surface area contributed by atoms with Crippen molar-refractivity contribution in [3.05, 3.63) is 72.9 Å². The molecule has 62 heavy (non-hydrogen) atoms. The number of carbonyl (C=O) groups is 2. The Morgan fingerprint density at radius 3 is 1.42 bits per heavy atom. The Hall–Kier alpha value is -2.70. The highest BCUT2D eigenvalue weighted by molar-refractivity contribution is 5.77. The summed E-state index contributed by atoms with van der Waals surface area (Å²) in [5.74, 6) is -0.536.